The highest BCUT2D eigenvalue weighted by Gasteiger charge is 2.49. The number of aromatic nitrogens is 1. The molecule has 1 saturated heterocycles. The first-order chi connectivity index (χ1) is 15.7. The van der Waals surface area contributed by atoms with E-state index in [9.17, 15) is 9.59 Å². The van der Waals surface area contributed by atoms with Gasteiger partial charge in [-0.25, -0.2) is 0 Å². The van der Waals surface area contributed by atoms with Gasteiger partial charge in [-0.3, -0.25) is 9.59 Å². The van der Waals surface area contributed by atoms with Gasteiger partial charge in [0.25, 0.3) is 0 Å². The minimum Gasteiger partial charge on any atom is -0.497 e. The number of hydrogen-bond donors (Lipinski definition) is 1. The summed E-state index contributed by atoms with van der Waals surface area (Å²) in [5, 5.41) is 1.14. The number of para-hydroxylation sites is 1. The van der Waals surface area contributed by atoms with Gasteiger partial charge >= 0.3 is 0 Å². The summed E-state index contributed by atoms with van der Waals surface area (Å²) >= 11 is 0. The van der Waals surface area contributed by atoms with E-state index in [1.807, 2.05) is 46.2 Å². The number of carbonyl (C=O) groups is 2. The van der Waals surface area contributed by atoms with Crippen LogP contribution in [0.3, 0.4) is 0 Å². The van der Waals surface area contributed by atoms with Crippen LogP contribution in [0.25, 0.3) is 10.9 Å². The van der Waals surface area contributed by atoms with E-state index in [-0.39, 0.29) is 30.4 Å². The van der Waals surface area contributed by atoms with Crippen LogP contribution in [0.4, 0.5) is 0 Å². The maximum atomic E-state index is 13.7. The molecule has 0 bridgehead atoms. The van der Waals surface area contributed by atoms with Crippen molar-refractivity contribution in [1.29, 1.82) is 0 Å². The maximum Gasteiger partial charge on any atom is 0.246 e. The number of fused-ring (bicyclic) bond motifs is 4. The number of ether oxygens (including phenoxy) is 1. The normalized spacial score (nSPS) is 23.5. The smallest absolute Gasteiger partial charge is 0.246 e. The van der Waals surface area contributed by atoms with Crippen LogP contribution >= 0.6 is 0 Å². The molecule has 1 aliphatic carbocycles. The lowest BCUT2D eigenvalue weighted by Crippen LogP contribution is -2.64. The first-order valence-corrected chi connectivity index (χ1v) is 11.5. The summed E-state index contributed by atoms with van der Waals surface area (Å²) in [5.41, 5.74) is 4.20. The second-order valence-electron chi connectivity index (χ2n) is 9.16. The van der Waals surface area contributed by atoms with Crippen molar-refractivity contribution in [2.75, 3.05) is 13.7 Å². The van der Waals surface area contributed by atoms with E-state index < -0.39 is 6.04 Å². The zero-order valence-corrected chi connectivity index (χ0v) is 18.2. The molecule has 6 heteroatoms. The van der Waals surface area contributed by atoms with Crippen molar-refractivity contribution >= 4 is 22.7 Å². The SMILES string of the molecule is COc1ccc([C@H]2c3[nH]c4ccccc4c3C[C@H]3C(=O)N(C4CCCC4)CC(=O)N23)cc1. The number of rotatable bonds is 3. The van der Waals surface area contributed by atoms with Gasteiger partial charge in [0.2, 0.25) is 11.8 Å². The number of piperazine rings is 1. The van der Waals surface area contributed by atoms with Gasteiger partial charge in [0.05, 0.1) is 13.2 Å². The molecular formula is C26H27N3O3. The van der Waals surface area contributed by atoms with E-state index >= 15 is 0 Å². The highest BCUT2D eigenvalue weighted by atomic mass is 16.5. The molecular weight excluding hydrogens is 402 g/mol. The van der Waals surface area contributed by atoms with Crippen LogP contribution in [0.1, 0.15) is 48.5 Å². The monoisotopic (exact) mass is 429 g/mol. The van der Waals surface area contributed by atoms with Crippen molar-refractivity contribution in [1.82, 2.24) is 14.8 Å². The fraction of sp³-hybridized carbons (Fsp3) is 0.385. The summed E-state index contributed by atoms with van der Waals surface area (Å²) in [6.07, 6.45) is 4.84. The molecule has 2 aliphatic heterocycles. The van der Waals surface area contributed by atoms with Crippen LogP contribution < -0.4 is 4.74 Å². The number of hydrogen-bond acceptors (Lipinski definition) is 3. The largest absolute Gasteiger partial charge is 0.497 e. The predicted molar refractivity (Wildman–Crippen MR) is 121 cm³/mol. The quantitative estimate of drug-likeness (QED) is 0.689. The summed E-state index contributed by atoms with van der Waals surface area (Å²) in [6, 6.07) is 15.5. The van der Waals surface area contributed by atoms with Gasteiger partial charge in [0.15, 0.2) is 0 Å². The molecule has 0 spiro atoms. The van der Waals surface area contributed by atoms with Gasteiger partial charge in [-0.15, -0.1) is 0 Å². The second kappa shape index (κ2) is 7.40. The molecule has 2 atom stereocenters. The Labute approximate surface area is 187 Å². The number of benzene rings is 2. The highest BCUT2D eigenvalue weighted by molar-refractivity contribution is 5.97. The van der Waals surface area contributed by atoms with E-state index in [2.05, 4.69) is 17.1 Å². The van der Waals surface area contributed by atoms with E-state index in [4.69, 9.17) is 4.74 Å². The van der Waals surface area contributed by atoms with Crippen LogP contribution in [0.15, 0.2) is 48.5 Å². The van der Waals surface area contributed by atoms with Crippen molar-refractivity contribution in [3.63, 3.8) is 0 Å². The van der Waals surface area contributed by atoms with Crippen LogP contribution in [-0.4, -0.2) is 52.3 Å². The molecule has 164 valence electrons. The molecule has 3 heterocycles. The van der Waals surface area contributed by atoms with Crippen molar-refractivity contribution in [2.24, 2.45) is 0 Å². The number of amides is 2. The first-order valence-electron chi connectivity index (χ1n) is 11.5. The zero-order valence-electron chi connectivity index (χ0n) is 18.2. The van der Waals surface area contributed by atoms with Gasteiger partial charge in [-0.05, 0) is 42.2 Å². The van der Waals surface area contributed by atoms with E-state index in [1.165, 1.54) is 0 Å². The molecule has 0 unspecified atom stereocenters. The Morgan fingerprint density at radius 2 is 1.75 bits per heavy atom. The fourth-order valence-corrected chi connectivity index (χ4v) is 5.94. The van der Waals surface area contributed by atoms with Crippen molar-refractivity contribution in [3.8, 4) is 5.75 Å². The molecule has 1 saturated carbocycles. The third kappa shape index (κ3) is 2.85. The lowest BCUT2D eigenvalue weighted by atomic mass is 9.86. The molecule has 6 rings (SSSR count). The Balaban J connectivity index is 1.49. The second-order valence-corrected chi connectivity index (χ2v) is 9.16. The van der Waals surface area contributed by atoms with Crippen LogP contribution in [0, 0.1) is 0 Å². The van der Waals surface area contributed by atoms with Crippen LogP contribution in [0.2, 0.25) is 0 Å². The van der Waals surface area contributed by atoms with Gasteiger partial charge in [0, 0.05) is 29.1 Å². The van der Waals surface area contributed by atoms with Crippen molar-refractivity contribution in [2.45, 2.75) is 50.2 Å². The van der Waals surface area contributed by atoms with Crippen LogP contribution in [0.5, 0.6) is 5.75 Å². The van der Waals surface area contributed by atoms with E-state index in [1.54, 1.807) is 7.11 Å². The molecule has 32 heavy (non-hydrogen) atoms. The molecule has 3 aromatic rings. The first kappa shape index (κ1) is 19.4. The summed E-state index contributed by atoms with van der Waals surface area (Å²) in [4.78, 5) is 34.6. The van der Waals surface area contributed by atoms with E-state index in [0.29, 0.717) is 6.42 Å². The molecule has 2 amide bonds. The summed E-state index contributed by atoms with van der Waals surface area (Å²) in [5.74, 6) is 0.906. The minimum atomic E-state index is -0.462. The lowest BCUT2D eigenvalue weighted by Gasteiger charge is -2.48. The van der Waals surface area contributed by atoms with Gasteiger partial charge < -0.3 is 19.5 Å². The molecule has 2 aromatic carbocycles. The highest BCUT2D eigenvalue weighted by Crippen LogP contribution is 2.43. The molecule has 6 nitrogen and oxygen atoms in total. The average molecular weight is 430 g/mol. The predicted octanol–water partition coefficient (Wildman–Crippen LogP) is 3.80. The number of carbonyl (C=O) groups excluding carboxylic acids is 2. The van der Waals surface area contributed by atoms with E-state index in [0.717, 1.165) is 59.2 Å². The maximum absolute atomic E-state index is 13.7. The van der Waals surface area contributed by atoms with Gasteiger partial charge in [0.1, 0.15) is 18.3 Å². The zero-order chi connectivity index (χ0) is 21.8. The standard InChI is InChI=1S/C26H27N3O3/c1-32-18-12-10-16(11-13-18)25-24-20(19-8-4-5-9-21(19)27-24)14-22-26(31)28(15-23(30)29(22)25)17-6-2-3-7-17/h4-5,8-13,17,22,25,27H,2-3,6-7,14-15H2,1H3/t22-,25-/m0/s1. The van der Waals surface area contributed by atoms with Crippen molar-refractivity contribution in [3.05, 3.63) is 65.4 Å². The fourth-order valence-electron chi connectivity index (χ4n) is 5.94. The average Bonchev–Trinajstić information content (AvgIpc) is 3.48. The number of aromatic amines is 1. The van der Waals surface area contributed by atoms with Gasteiger partial charge in [-0.2, -0.15) is 0 Å². The Morgan fingerprint density at radius 1 is 1.00 bits per heavy atom. The topological polar surface area (TPSA) is 65.6 Å². The Kier molecular flexibility index (Phi) is 4.49. The third-order valence-electron chi connectivity index (χ3n) is 7.49. The number of nitrogens with zero attached hydrogens (tertiary/aromatic N) is 2. The summed E-state index contributed by atoms with van der Waals surface area (Å²) in [7, 11) is 1.64. The third-order valence-corrected chi connectivity index (χ3v) is 7.49. The summed E-state index contributed by atoms with van der Waals surface area (Å²) in [6.45, 7) is 0.183. The van der Waals surface area contributed by atoms with Crippen LogP contribution in [-0.2, 0) is 16.0 Å². The van der Waals surface area contributed by atoms with Gasteiger partial charge in [-0.1, -0.05) is 43.2 Å². The Hall–Kier alpha value is -3.28. The van der Waals surface area contributed by atoms with Crippen molar-refractivity contribution < 1.29 is 14.3 Å². The molecule has 0 radical (unpaired) electrons. The Morgan fingerprint density at radius 3 is 2.50 bits per heavy atom. The minimum absolute atomic E-state index is 0.0339. The number of nitrogens with one attached hydrogen (secondary N) is 1. The lowest BCUT2D eigenvalue weighted by molar-refractivity contribution is -0.160. The molecule has 3 aliphatic rings. The molecule has 1 aromatic heterocycles. The molecule has 1 N–H and O–H groups in total. The Bertz CT molecular complexity index is 1190. The number of methoxy groups -OCH3 is 1. The number of H-pyrrole nitrogens is 1. The molecule has 2 fully saturated rings. The summed E-state index contributed by atoms with van der Waals surface area (Å²) < 4.78 is 5.34.